The number of carbonyl (C=O) groups is 2. The fraction of sp³-hybridized carbons (Fsp3) is 0.538. The molecule has 0 aromatic carbocycles. The van der Waals surface area contributed by atoms with Crippen molar-refractivity contribution < 1.29 is 14.3 Å². The van der Waals surface area contributed by atoms with Crippen molar-refractivity contribution in [1.82, 2.24) is 10.3 Å². The third kappa shape index (κ3) is 7.02. The summed E-state index contributed by atoms with van der Waals surface area (Å²) in [7, 11) is 0. The largest absolute Gasteiger partial charge is 0.459 e. The summed E-state index contributed by atoms with van der Waals surface area (Å²) in [5, 5.41) is 7.41. The molecule has 8 nitrogen and oxygen atoms in total. The summed E-state index contributed by atoms with van der Waals surface area (Å²) < 4.78 is 4.98. The molecule has 122 valence electrons. The first-order chi connectivity index (χ1) is 10.5. The van der Waals surface area contributed by atoms with E-state index in [4.69, 9.17) is 10.5 Å². The number of hydrogen-bond donors (Lipinski definition) is 3. The molecule has 0 spiro atoms. The molecule has 0 aliphatic heterocycles. The zero-order chi connectivity index (χ0) is 16.4. The normalized spacial score (nSPS) is 11.1. The molecule has 1 heterocycles. The van der Waals surface area contributed by atoms with E-state index in [9.17, 15) is 9.59 Å². The molecule has 1 rings (SSSR count). The smallest absolute Gasteiger partial charge is 0.357 e. The Morgan fingerprint density at radius 3 is 2.95 bits per heavy atom. The van der Waals surface area contributed by atoms with Gasteiger partial charge in [-0.25, -0.2) is 9.78 Å². The Labute approximate surface area is 133 Å². The molecule has 0 aliphatic carbocycles. The van der Waals surface area contributed by atoms with Crippen LogP contribution in [-0.2, 0) is 9.53 Å². The maximum Gasteiger partial charge on any atom is 0.357 e. The Kier molecular flexibility index (Phi) is 7.90. The standard InChI is InChI=1S/C13H21N5O3S/c1-3-4-5-16-12(14)18-13-17-10(8-22-13)11(20)21-7-6-15-9(2)19/h8H,3-7H2,1-2H3,(H,15,19)(H3,14,16,17,18). The molecule has 0 saturated carbocycles. The molecule has 0 radical (unpaired) electrons. The predicted molar refractivity (Wildman–Crippen MR) is 86.1 cm³/mol. The summed E-state index contributed by atoms with van der Waals surface area (Å²) in [4.78, 5) is 30.6. The van der Waals surface area contributed by atoms with E-state index >= 15 is 0 Å². The Balaban J connectivity index is 2.41. The second-order valence-electron chi connectivity index (χ2n) is 4.40. The SMILES string of the molecule is CCCCN=C(N)Nc1nc(C(=O)OCCNC(C)=O)cs1. The molecule has 9 heteroatoms. The number of aliphatic imine (C=N–C) groups is 1. The quantitative estimate of drug-likeness (QED) is 0.283. The molecule has 0 aliphatic rings. The number of amides is 1. The van der Waals surface area contributed by atoms with Crippen LogP contribution < -0.4 is 16.4 Å². The van der Waals surface area contributed by atoms with Crippen molar-refractivity contribution in [3.63, 3.8) is 0 Å². The van der Waals surface area contributed by atoms with E-state index in [1.165, 1.54) is 18.3 Å². The average molecular weight is 327 g/mol. The summed E-state index contributed by atoms with van der Waals surface area (Å²) in [6, 6.07) is 0. The molecule has 22 heavy (non-hydrogen) atoms. The highest BCUT2D eigenvalue weighted by atomic mass is 32.1. The predicted octanol–water partition coefficient (Wildman–Crippen LogP) is 0.963. The Bertz CT molecular complexity index is 530. The van der Waals surface area contributed by atoms with Crippen molar-refractivity contribution in [3.8, 4) is 0 Å². The van der Waals surface area contributed by atoms with Crippen LogP contribution in [0.1, 0.15) is 37.2 Å². The molecule has 1 aromatic rings. The Hall–Kier alpha value is -2.16. The lowest BCUT2D eigenvalue weighted by molar-refractivity contribution is -0.119. The average Bonchev–Trinajstić information content (AvgIpc) is 2.92. The van der Waals surface area contributed by atoms with Gasteiger partial charge >= 0.3 is 5.97 Å². The van der Waals surface area contributed by atoms with Crippen LogP contribution in [0.3, 0.4) is 0 Å². The van der Waals surface area contributed by atoms with Gasteiger partial charge in [0.25, 0.3) is 0 Å². The number of rotatable bonds is 8. The van der Waals surface area contributed by atoms with Gasteiger partial charge in [0.1, 0.15) is 6.61 Å². The van der Waals surface area contributed by atoms with Gasteiger partial charge in [-0.15, -0.1) is 11.3 Å². The van der Waals surface area contributed by atoms with Gasteiger partial charge in [-0.2, -0.15) is 0 Å². The summed E-state index contributed by atoms with van der Waals surface area (Å²) in [6.45, 7) is 4.49. The minimum Gasteiger partial charge on any atom is -0.459 e. The molecule has 4 N–H and O–H groups in total. The van der Waals surface area contributed by atoms with E-state index < -0.39 is 5.97 Å². The third-order valence-corrected chi connectivity index (χ3v) is 3.21. The molecule has 0 atom stereocenters. The lowest BCUT2D eigenvalue weighted by Gasteiger charge is -2.03. The van der Waals surface area contributed by atoms with Crippen molar-refractivity contribution in [2.45, 2.75) is 26.7 Å². The lowest BCUT2D eigenvalue weighted by Crippen LogP contribution is -2.25. The number of esters is 1. The molecular weight excluding hydrogens is 306 g/mol. The lowest BCUT2D eigenvalue weighted by atomic mass is 10.3. The fourth-order valence-electron chi connectivity index (χ4n) is 1.38. The number of aromatic nitrogens is 1. The van der Waals surface area contributed by atoms with Crippen LogP contribution in [0.4, 0.5) is 5.13 Å². The molecule has 0 unspecified atom stereocenters. The number of hydrogen-bond acceptors (Lipinski definition) is 6. The van der Waals surface area contributed by atoms with E-state index in [0.29, 0.717) is 11.7 Å². The van der Waals surface area contributed by atoms with Crippen molar-refractivity contribution in [2.75, 3.05) is 25.0 Å². The summed E-state index contributed by atoms with van der Waals surface area (Å²) in [5.74, 6) is -0.446. The van der Waals surface area contributed by atoms with Crippen molar-refractivity contribution in [3.05, 3.63) is 11.1 Å². The van der Waals surface area contributed by atoms with E-state index in [0.717, 1.165) is 12.8 Å². The van der Waals surface area contributed by atoms with Crippen molar-refractivity contribution in [1.29, 1.82) is 0 Å². The van der Waals surface area contributed by atoms with Gasteiger partial charge in [-0.3, -0.25) is 9.79 Å². The van der Waals surface area contributed by atoms with Crippen LogP contribution in [0.15, 0.2) is 10.4 Å². The summed E-state index contributed by atoms with van der Waals surface area (Å²) in [5.41, 5.74) is 5.90. The highest BCUT2D eigenvalue weighted by Crippen LogP contribution is 2.15. The van der Waals surface area contributed by atoms with E-state index in [1.807, 2.05) is 0 Å². The first kappa shape index (κ1) is 17.9. The third-order valence-electron chi connectivity index (χ3n) is 2.45. The summed E-state index contributed by atoms with van der Waals surface area (Å²) >= 11 is 1.24. The van der Waals surface area contributed by atoms with E-state index in [1.54, 1.807) is 5.38 Å². The highest BCUT2D eigenvalue weighted by Gasteiger charge is 2.12. The first-order valence-electron chi connectivity index (χ1n) is 6.97. The zero-order valence-corrected chi connectivity index (χ0v) is 13.5. The number of nitrogens with zero attached hydrogens (tertiary/aromatic N) is 2. The number of anilines is 1. The number of guanidine groups is 1. The monoisotopic (exact) mass is 327 g/mol. The number of carbonyl (C=O) groups excluding carboxylic acids is 2. The van der Waals surface area contributed by atoms with Crippen LogP contribution in [-0.4, -0.2) is 42.5 Å². The van der Waals surface area contributed by atoms with Crippen LogP contribution in [0.2, 0.25) is 0 Å². The van der Waals surface area contributed by atoms with Gasteiger partial charge in [-0.1, -0.05) is 13.3 Å². The second-order valence-corrected chi connectivity index (χ2v) is 5.26. The minimum atomic E-state index is -0.545. The number of nitrogens with two attached hydrogens (primary N) is 1. The molecule has 1 amide bonds. The molecular formula is C13H21N5O3S. The van der Waals surface area contributed by atoms with Gasteiger partial charge < -0.3 is 21.1 Å². The second kappa shape index (κ2) is 9.72. The Morgan fingerprint density at radius 1 is 1.50 bits per heavy atom. The van der Waals surface area contributed by atoms with E-state index in [2.05, 4.69) is 27.5 Å². The van der Waals surface area contributed by atoms with Crippen molar-refractivity contribution in [2.24, 2.45) is 10.7 Å². The molecule has 0 bridgehead atoms. The zero-order valence-electron chi connectivity index (χ0n) is 12.7. The number of ether oxygens (including phenoxy) is 1. The van der Waals surface area contributed by atoms with Gasteiger partial charge in [0.05, 0.1) is 6.54 Å². The highest BCUT2D eigenvalue weighted by molar-refractivity contribution is 7.14. The van der Waals surface area contributed by atoms with Crippen molar-refractivity contribution >= 4 is 34.3 Å². The molecule has 1 aromatic heterocycles. The van der Waals surface area contributed by atoms with E-state index in [-0.39, 0.29) is 30.7 Å². The fourth-order valence-corrected chi connectivity index (χ4v) is 2.06. The molecule has 0 saturated heterocycles. The van der Waals surface area contributed by atoms with Crippen LogP contribution in [0.25, 0.3) is 0 Å². The minimum absolute atomic E-state index is 0.0965. The maximum atomic E-state index is 11.7. The van der Waals surface area contributed by atoms with Crippen LogP contribution >= 0.6 is 11.3 Å². The maximum absolute atomic E-state index is 11.7. The van der Waals surface area contributed by atoms with Gasteiger partial charge in [0, 0.05) is 18.8 Å². The first-order valence-corrected chi connectivity index (χ1v) is 7.85. The topological polar surface area (TPSA) is 119 Å². The number of nitrogens with one attached hydrogen (secondary N) is 2. The van der Waals surface area contributed by atoms with Gasteiger partial charge in [0.15, 0.2) is 16.8 Å². The van der Waals surface area contributed by atoms with Crippen LogP contribution in [0, 0.1) is 0 Å². The number of unbranched alkanes of at least 4 members (excludes halogenated alkanes) is 1. The van der Waals surface area contributed by atoms with Crippen LogP contribution in [0.5, 0.6) is 0 Å². The molecule has 0 fully saturated rings. The van der Waals surface area contributed by atoms with Gasteiger partial charge in [-0.05, 0) is 6.42 Å². The Morgan fingerprint density at radius 2 is 2.27 bits per heavy atom. The summed E-state index contributed by atoms with van der Waals surface area (Å²) in [6.07, 6.45) is 2.01. The number of thiazole rings is 1. The van der Waals surface area contributed by atoms with Gasteiger partial charge in [0.2, 0.25) is 5.91 Å².